The van der Waals surface area contributed by atoms with Gasteiger partial charge >= 0.3 is 0 Å². The lowest BCUT2D eigenvalue weighted by molar-refractivity contribution is -0.140. The predicted molar refractivity (Wildman–Crippen MR) is 67.8 cm³/mol. The SMILES string of the molecule is CCCCCSC1=CS[C@@H]2CC(=O)N2C1. The Morgan fingerprint density at radius 1 is 1.60 bits per heavy atom. The molecule has 0 radical (unpaired) electrons. The summed E-state index contributed by atoms with van der Waals surface area (Å²) in [6.07, 6.45) is 4.63. The Bertz CT molecular complexity index is 278. The summed E-state index contributed by atoms with van der Waals surface area (Å²) in [6, 6.07) is 0. The lowest BCUT2D eigenvalue weighted by Crippen LogP contribution is -2.52. The molecule has 0 unspecified atom stereocenters. The minimum Gasteiger partial charge on any atom is -0.325 e. The molecule has 0 bridgehead atoms. The Morgan fingerprint density at radius 3 is 3.20 bits per heavy atom. The summed E-state index contributed by atoms with van der Waals surface area (Å²) >= 11 is 3.74. The summed E-state index contributed by atoms with van der Waals surface area (Å²) in [7, 11) is 0. The van der Waals surface area contributed by atoms with Crippen LogP contribution in [0, 0.1) is 0 Å². The number of hydrogen-bond donors (Lipinski definition) is 0. The van der Waals surface area contributed by atoms with Gasteiger partial charge in [-0.2, -0.15) is 0 Å². The third-order valence-corrected chi connectivity index (χ3v) is 5.15. The molecule has 2 heterocycles. The van der Waals surface area contributed by atoms with Gasteiger partial charge in [0.15, 0.2) is 0 Å². The van der Waals surface area contributed by atoms with Crippen molar-refractivity contribution in [1.82, 2.24) is 4.90 Å². The highest BCUT2D eigenvalue weighted by atomic mass is 32.2. The monoisotopic (exact) mass is 243 g/mol. The molecule has 1 amide bonds. The van der Waals surface area contributed by atoms with Gasteiger partial charge in [0, 0.05) is 4.91 Å². The molecule has 0 aromatic heterocycles. The van der Waals surface area contributed by atoms with E-state index in [9.17, 15) is 4.79 Å². The fraction of sp³-hybridized carbons (Fsp3) is 0.727. The second-order valence-electron chi connectivity index (χ2n) is 3.96. The summed E-state index contributed by atoms with van der Waals surface area (Å²) in [5.41, 5.74) is 0. The van der Waals surface area contributed by atoms with E-state index in [-0.39, 0.29) is 0 Å². The van der Waals surface area contributed by atoms with Gasteiger partial charge in [-0.05, 0) is 17.6 Å². The smallest absolute Gasteiger partial charge is 0.226 e. The summed E-state index contributed by atoms with van der Waals surface area (Å²) < 4.78 is 0. The maximum absolute atomic E-state index is 11.3. The number of unbranched alkanes of at least 4 members (excludes halogenated alkanes) is 2. The second kappa shape index (κ2) is 5.30. The molecule has 0 N–H and O–H groups in total. The lowest BCUT2D eigenvalue weighted by atomic mass is 10.2. The molecular weight excluding hydrogens is 226 g/mol. The van der Waals surface area contributed by atoms with E-state index in [4.69, 9.17) is 0 Å². The second-order valence-corrected chi connectivity index (χ2v) is 6.23. The average Bonchev–Trinajstić information content (AvgIpc) is 2.25. The molecule has 1 saturated heterocycles. The van der Waals surface area contributed by atoms with Crippen LogP contribution in [0.3, 0.4) is 0 Å². The van der Waals surface area contributed by atoms with Crippen LogP contribution in [0.5, 0.6) is 0 Å². The Hall–Kier alpha value is -0.0900. The largest absolute Gasteiger partial charge is 0.325 e. The van der Waals surface area contributed by atoms with Crippen LogP contribution in [-0.4, -0.2) is 28.5 Å². The van der Waals surface area contributed by atoms with Crippen molar-refractivity contribution >= 4 is 29.4 Å². The van der Waals surface area contributed by atoms with Gasteiger partial charge in [-0.25, -0.2) is 0 Å². The molecule has 4 heteroatoms. The number of amides is 1. The molecule has 2 aliphatic heterocycles. The highest BCUT2D eigenvalue weighted by Gasteiger charge is 2.38. The molecule has 2 aliphatic rings. The number of β-lactam (4-membered cyclic amide) rings is 1. The van der Waals surface area contributed by atoms with Crippen LogP contribution < -0.4 is 0 Å². The number of nitrogens with zero attached hydrogens (tertiary/aromatic N) is 1. The van der Waals surface area contributed by atoms with Crippen LogP contribution in [0.15, 0.2) is 10.3 Å². The summed E-state index contributed by atoms with van der Waals surface area (Å²) in [5, 5.41) is 2.71. The van der Waals surface area contributed by atoms with Crippen LogP contribution in [0.25, 0.3) is 0 Å². The van der Waals surface area contributed by atoms with E-state index in [1.54, 1.807) is 0 Å². The van der Waals surface area contributed by atoms with Crippen molar-refractivity contribution in [2.75, 3.05) is 12.3 Å². The van der Waals surface area contributed by atoms with Crippen molar-refractivity contribution in [1.29, 1.82) is 0 Å². The number of thioether (sulfide) groups is 2. The first-order chi connectivity index (χ1) is 7.31. The first-order valence-electron chi connectivity index (χ1n) is 5.58. The van der Waals surface area contributed by atoms with Gasteiger partial charge in [0.1, 0.15) is 0 Å². The Kier molecular flexibility index (Phi) is 4.03. The van der Waals surface area contributed by atoms with E-state index < -0.39 is 0 Å². The van der Waals surface area contributed by atoms with Gasteiger partial charge in [0.25, 0.3) is 0 Å². The fourth-order valence-electron chi connectivity index (χ4n) is 1.73. The van der Waals surface area contributed by atoms with Crippen LogP contribution in [0.2, 0.25) is 0 Å². The molecule has 0 saturated carbocycles. The summed E-state index contributed by atoms with van der Waals surface area (Å²) in [4.78, 5) is 14.6. The average molecular weight is 243 g/mol. The third kappa shape index (κ3) is 2.72. The Balaban J connectivity index is 1.72. The van der Waals surface area contributed by atoms with E-state index in [2.05, 4.69) is 12.3 Å². The lowest BCUT2D eigenvalue weighted by Gasteiger charge is -2.42. The molecule has 0 aliphatic carbocycles. The third-order valence-electron chi connectivity index (χ3n) is 2.74. The minimum absolute atomic E-state index is 0.326. The first kappa shape index (κ1) is 11.4. The molecule has 2 rings (SSSR count). The Morgan fingerprint density at radius 2 is 2.47 bits per heavy atom. The number of carbonyl (C=O) groups is 1. The van der Waals surface area contributed by atoms with Crippen molar-refractivity contribution in [2.45, 2.75) is 38.0 Å². The summed E-state index contributed by atoms with van der Waals surface area (Å²) in [5.74, 6) is 1.53. The van der Waals surface area contributed by atoms with E-state index in [0.29, 0.717) is 11.3 Å². The molecule has 15 heavy (non-hydrogen) atoms. The quantitative estimate of drug-likeness (QED) is 0.547. The van der Waals surface area contributed by atoms with Gasteiger partial charge < -0.3 is 4.90 Å². The number of carbonyl (C=O) groups excluding carboxylic acids is 1. The zero-order valence-corrected chi connectivity index (χ0v) is 10.7. The predicted octanol–water partition coefficient (Wildman–Crippen LogP) is 3.06. The van der Waals surface area contributed by atoms with Crippen LogP contribution in [0.4, 0.5) is 0 Å². The number of fused-ring (bicyclic) bond motifs is 1. The van der Waals surface area contributed by atoms with Gasteiger partial charge in [-0.1, -0.05) is 19.8 Å². The maximum atomic E-state index is 11.3. The highest BCUT2D eigenvalue weighted by molar-refractivity contribution is 8.06. The van der Waals surface area contributed by atoms with Crippen molar-refractivity contribution in [3.63, 3.8) is 0 Å². The first-order valence-corrected chi connectivity index (χ1v) is 7.51. The van der Waals surface area contributed by atoms with Crippen LogP contribution in [-0.2, 0) is 4.79 Å². The van der Waals surface area contributed by atoms with E-state index in [1.807, 2.05) is 28.4 Å². The van der Waals surface area contributed by atoms with Gasteiger partial charge in [0.05, 0.1) is 18.3 Å². The molecular formula is C11H17NOS2. The molecule has 0 aromatic carbocycles. The molecule has 1 atom stereocenters. The van der Waals surface area contributed by atoms with Crippen molar-refractivity contribution in [3.8, 4) is 0 Å². The molecule has 2 nitrogen and oxygen atoms in total. The van der Waals surface area contributed by atoms with E-state index in [0.717, 1.165) is 13.0 Å². The van der Waals surface area contributed by atoms with Gasteiger partial charge in [0.2, 0.25) is 5.91 Å². The van der Waals surface area contributed by atoms with Crippen LogP contribution >= 0.6 is 23.5 Å². The maximum Gasteiger partial charge on any atom is 0.226 e. The zero-order chi connectivity index (χ0) is 10.7. The van der Waals surface area contributed by atoms with Gasteiger partial charge in [-0.3, -0.25) is 4.79 Å². The molecule has 0 spiro atoms. The topological polar surface area (TPSA) is 20.3 Å². The number of hydrogen-bond acceptors (Lipinski definition) is 3. The van der Waals surface area contributed by atoms with Crippen LogP contribution in [0.1, 0.15) is 32.6 Å². The Labute approximate surface area is 99.9 Å². The van der Waals surface area contributed by atoms with E-state index in [1.165, 1.54) is 29.9 Å². The van der Waals surface area contributed by atoms with Crippen molar-refractivity contribution in [2.24, 2.45) is 0 Å². The summed E-state index contributed by atoms with van der Waals surface area (Å²) in [6.45, 7) is 3.09. The standard InChI is InChI=1S/C11H17NOS2/c1-2-3-4-5-14-9-7-12-10(13)6-11(12)15-8-9/h8,11H,2-7H2,1H3/t11-/m1/s1. The highest BCUT2D eigenvalue weighted by Crippen LogP contribution is 2.38. The fourth-order valence-corrected chi connectivity index (χ4v) is 3.97. The minimum atomic E-state index is 0.326. The van der Waals surface area contributed by atoms with E-state index >= 15 is 0 Å². The van der Waals surface area contributed by atoms with Crippen molar-refractivity contribution < 1.29 is 4.79 Å². The zero-order valence-electron chi connectivity index (χ0n) is 9.07. The molecule has 1 fully saturated rings. The number of rotatable bonds is 5. The van der Waals surface area contributed by atoms with Crippen molar-refractivity contribution in [3.05, 3.63) is 10.3 Å². The molecule has 84 valence electrons. The normalized spacial score (nSPS) is 24.6. The van der Waals surface area contributed by atoms with Gasteiger partial charge in [-0.15, -0.1) is 23.5 Å². The molecule has 0 aromatic rings.